The minimum Gasteiger partial charge on any atom is -0.355 e. The fraction of sp³-hybridized carbons (Fsp3) is 0.407. The lowest BCUT2D eigenvalue weighted by molar-refractivity contribution is 0.0964. The first-order valence-electron chi connectivity index (χ1n) is 11.8. The Balaban J connectivity index is 1.38. The summed E-state index contributed by atoms with van der Waals surface area (Å²) in [5, 5.41) is 7.16. The molecule has 1 aromatic heterocycles. The molecule has 2 aromatic carbocycles. The number of fused-ring (bicyclic) bond motifs is 1. The Morgan fingerprint density at radius 3 is 2.48 bits per heavy atom. The Morgan fingerprint density at radius 1 is 1.00 bits per heavy atom. The van der Waals surface area contributed by atoms with E-state index in [2.05, 4.69) is 46.7 Å². The number of pyridine rings is 1. The predicted molar refractivity (Wildman–Crippen MR) is 134 cm³/mol. The summed E-state index contributed by atoms with van der Waals surface area (Å²) in [6.07, 6.45) is 2.21. The van der Waals surface area contributed by atoms with Crippen molar-refractivity contribution in [3.8, 4) is 0 Å². The largest absolute Gasteiger partial charge is 0.355 e. The SMILES string of the molecule is CNC(=O)c1cc(=O)n(CCN2CCC(NCc3cccc(C)c3)CC2)c2cc(C)ccc12. The Kier molecular flexibility index (Phi) is 7.26. The maximum absolute atomic E-state index is 12.9. The van der Waals surface area contributed by atoms with Crippen LogP contribution in [0.25, 0.3) is 10.9 Å². The zero-order valence-electron chi connectivity index (χ0n) is 19.9. The molecule has 2 heterocycles. The van der Waals surface area contributed by atoms with Gasteiger partial charge in [-0.25, -0.2) is 0 Å². The zero-order chi connectivity index (χ0) is 23.4. The molecule has 1 aliphatic rings. The van der Waals surface area contributed by atoms with E-state index in [0.717, 1.165) is 55.5 Å². The normalized spacial score (nSPS) is 15.1. The number of aryl methyl sites for hydroxylation is 2. The smallest absolute Gasteiger partial charge is 0.251 e. The maximum atomic E-state index is 12.9. The number of hydrogen-bond donors (Lipinski definition) is 2. The molecule has 6 nitrogen and oxygen atoms in total. The van der Waals surface area contributed by atoms with Gasteiger partial charge < -0.3 is 20.1 Å². The highest BCUT2D eigenvalue weighted by molar-refractivity contribution is 6.06. The monoisotopic (exact) mass is 446 g/mol. The van der Waals surface area contributed by atoms with Crippen LogP contribution in [0.2, 0.25) is 0 Å². The minimum atomic E-state index is -0.228. The van der Waals surface area contributed by atoms with Crippen LogP contribution in [0.1, 0.15) is 39.9 Å². The molecule has 0 atom stereocenters. The van der Waals surface area contributed by atoms with Crippen LogP contribution in [0.5, 0.6) is 0 Å². The van der Waals surface area contributed by atoms with Crippen LogP contribution in [-0.2, 0) is 13.1 Å². The number of carbonyl (C=O) groups excluding carboxylic acids is 1. The Labute approximate surface area is 195 Å². The Hall–Kier alpha value is -2.96. The van der Waals surface area contributed by atoms with Crippen LogP contribution in [0.15, 0.2) is 53.3 Å². The van der Waals surface area contributed by atoms with Gasteiger partial charge in [0, 0.05) is 44.2 Å². The second-order valence-corrected chi connectivity index (χ2v) is 9.13. The van der Waals surface area contributed by atoms with Gasteiger partial charge in [-0.1, -0.05) is 42.0 Å². The van der Waals surface area contributed by atoms with E-state index in [1.54, 1.807) is 7.05 Å². The van der Waals surface area contributed by atoms with E-state index in [9.17, 15) is 9.59 Å². The van der Waals surface area contributed by atoms with Crippen LogP contribution >= 0.6 is 0 Å². The summed E-state index contributed by atoms with van der Waals surface area (Å²) in [6, 6.07) is 16.6. The molecule has 0 aliphatic carbocycles. The maximum Gasteiger partial charge on any atom is 0.251 e. The molecule has 2 N–H and O–H groups in total. The molecule has 33 heavy (non-hydrogen) atoms. The van der Waals surface area contributed by atoms with E-state index in [1.165, 1.54) is 17.2 Å². The van der Waals surface area contributed by atoms with E-state index in [-0.39, 0.29) is 11.5 Å². The Morgan fingerprint density at radius 2 is 1.76 bits per heavy atom. The van der Waals surface area contributed by atoms with Crippen LogP contribution in [0.3, 0.4) is 0 Å². The van der Waals surface area contributed by atoms with E-state index in [4.69, 9.17) is 0 Å². The van der Waals surface area contributed by atoms with Crippen molar-refractivity contribution < 1.29 is 4.79 Å². The number of benzene rings is 2. The van der Waals surface area contributed by atoms with Crippen molar-refractivity contribution in [1.29, 1.82) is 0 Å². The molecule has 0 saturated carbocycles. The Bertz CT molecular complexity index is 1190. The van der Waals surface area contributed by atoms with Gasteiger partial charge >= 0.3 is 0 Å². The number of amides is 1. The van der Waals surface area contributed by atoms with Crippen LogP contribution in [-0.4, -0.2) is 48.1 Å². The number of piperidine rings is 1. The summed E-state index contributed by atoms with van der Waals surface area (Å²) < 4.78 is 1.82. The molecule has 0 spiro atoms. The van der Waals surface area contributed by atoms with Gasteiger partial charge in [-0.2, -0.15) is 0 Å². The standard InChI is InChI=1S/C27H34N4O2/c1-19-5-4-6-21(15-19)18-29-22-9-11-30(12-10-22)13-14-31-25-16-20(2)7-8-23(25)24(17-26(31)32)27(33)28-3/h4-8,15-17,22,29H,9-14,18H2,1-3H3,(H,28,33). The highest BCUT2D eigenvalue weighted by Gasteiger charge is 2.20. The fourth-order valence-electron chi connectivity index (χ4n) is 4.73. The summed E-state index contributed by atoms with van der Waals surface area (Å²) in [7, 11) is 1.59. The second-order valence-electron chi connectivity index (χ2n) is 9.13. The third-order valence-corrected chi connectivity index (χ3v) is 6.64. The molecule has 0 radical (unpaired) electrons. The van der Waals surface area contributed by atoms with E-state index >= 15 is 0 Å². The van der Waals surface area contributed by atoms with Crippen LogP contribution < -0.4 is 16.2 Å². The van der Waals surface area contributed by atoms with Gasteiger partial charge in [-0.05, 0) is 57.0 Å². The molecule has 6 heteroatoms. The molecule has 0 bridgehead atoms. The molecular weight excluding hydrogens is 412 g/mol. The molecular formula is C27H34N4O2. The van der Waals surface area contributed by atoms with Gasteiger partial charge in [-0.15, -0.1) is 0 Å². The van der Waals surface area contributed by atoms with Gasteiger partial charge in [0.25, 0.3) is 11.5 Å². The number of nitrogens with one attached hydrogen (secondary N) is 2. The molecule has 1 fully saturated rings. The quantitative estimate of drug-likeness (QED) is 0.585. The van der Waals surface area contributed by atoms with E-state index < -0.39 is 0 Å². The third kappa shape index (κ3) is 5.52. The first-order valence-corrected chi connectivity index (χ1v) is 11.8. The van der Waals surface area contributed by atoms with Crippen molar-refractivity contribution in [1.82, 2.24) is 20.1 Å². The average Bonchev–Trinajstić information content (AvgIpc) is 2.82. The van der Waals surface area contributed by atoms with Gasteiger partial charge in [0.2, 0.25) is 0 Å². The zero-order valence-corrected chi connectivity index (χ0v) is 19.9. The number of likely N-dealkylation sites (tertiary alicyclic amines) is 1. The molecule has 1 amide bonds. The summed E-state index contributed by atoms with van der Waals surface area (Å²) in [5.41, 5.74) is 4.85. The number of hydrogen-bond acceptors (Lipinski definition) is 4. The first-order chi connectivity index (χ1) is 15.9. The average molecular weight is 447 g/mol. The number of rotatable bonds is 7. The third-order valence-electron chi connectivity index (χ3n) is 6.64. The van der Waals surface area contributed by atoms with Crippen molar-refractivity contribution in [2.45, 2.75) is 45.8 Å². The van der Waals surface area contributed by atoms with E-state index in [0.29, 0.717) is 18.2 Å². The minimum absolute atomic E-state index is 0.124. The molecule has 4 rings (SSSR count). The number of aromatic nitrogens is 1. The molecule has 174 valence electrons. The molecule has 1 saturated heterocycles. The first kappa shape index (κ1) is 23.2. The highest BCUT2D eigenvalue weighted by atomic mass is 16.2. The number of carbonyl (C=O) groups is 1. The van der Waals surface area contributed by atoms with Crippen LogP contribution in [0.4, 0.5) is 0 Å². The lowest BCUT2D eigenvalue weighted by Gasteiger charge is -2.32. The van der Waals surface area contributed by atoms with Crippen molar-refractivity contribution in [2.75, 3.05) is 26.7 Å². The van der Waals surface area contributed by atoms with Crippen molar-refractivity contribution in [3.05, 3.63) is 81.1 Å². The van der Waals surface area contributed by atoms with Crippen LogP contribution in [0, 0.1) is 13.8 Å². The van der Waals surface area contributed by atoms with E-state index in [1.807, 2.05) is 29.7 Å². The summed E-state index contributed by atoms with van der Waals surface area (Å²) in [4.78, 5) is 27.6. The topological polar surface area (TPSA) is 66.4 Å². The van der Waals surface area contributed by atoms with Gasteiger partial charge in [-0.3, -0.25) is 9.59 Å². The van der Waals surface area contributed by atoms with Crippen molar-refractivity contribution in [2.24, 2.45) is 0 Å². The van der Waals surface area contributed by atoms with Gasteiger partial charge in [0.1, 0.15) is 0 Å². The van der Waals surface area contributed by atoms with Gasteiger partial charge in [0.05, 0.1) is 11.1 Å². The van der Waals surface area contributed by atoms with Crippen molar-refractivity contribution >= 4 is 16.8 Å². The highest BCUT2D eigenvalue weighted by Crippen LogP contribution is 2.19. The lowest BCUT2D eigenvalue weighted by atomic mass is 10.0. The molecule has 1 aliphatic heterocycles. The summed E-state index contributed by atoms with van der Waals surface area (Å²) in [6.45, 7) is 8.53. The predicted octanol–water partition coefficient (Wildman–Crippen LogP) is 3.23. The number of nitrogens with zero attached hydrogens (tertiary/aromatic N) is 2. The second kappa shape index (κ2) is 10.3. The van der Waals surface area contributed by atoms with Crippen molar-refractivity contribution in [3.63, 3.8) is 0 Å². The summed E-state index contributed by atoms with van der Waals surface area (Å²) in [5.74, 6) is -0.228. The molecule has 3 aromatic rings. The van der Waals surface area contributed by atoms with Gasteiger partial charge in [0.15, 0.2) is 0 Å². The molecule has 0 unspecified atom stereocenters. The fourth-order valence-corrected chi connectivity index (χ4v) is 4.73. The summed E-state index contributed by atoms with van der Waals surface area (Å²) >= 11 is 0. The lowest BCUT2D eigenvalue weighted by Crippen LogP contribution is -2.43.